The minimum absolute atomic E-state index is 0.0585. The maximum Gasteiger partial charge on any atom is 0.277 e. The van der Waals surface area contributed by atoms with Gasteiger partial charge in [-0.15, -0.1) is 0 Å². The van der Waals surface area contributed by atoms with E-state index >= 15 is 0 Å². The number of nitro groups is 4. The molecule has 0 aliphatic carbocycles. The molecule has 0 fully saturated rings. The molecular weight excluding hydrogens is 664 g/mol. The first kappa shape index (κ1) is 30.5. The maximum atomic E-state index is 11.4. The summed E-state index contributed by atoms with van der Waals surface area (Å²) in [6.45, 7) is 0. The molecule has 0 saturated heterocycles. The largest absolute Gasteiger partial charge is 0.277 e. The van der Waals surface area contributed by atoms with Gasteiger partial charge in [0.05, 0.1) is 41.2 Å². The molecule has 0 spiro atoms. The molecule has 12 heteroatoms. The van der Waals surface area contributed by atoms with E-state index in [2.05, 4.69) is 0 Å². The maximum absolute atomic E-state index is 11.4. The van der Waals surface area contributed by atoms with E-state index in [-0.39, 0.29) is 42.4 Å². The van der Waals surface area contributed by atoms with E-state index in [9.17, 15) is 40.5 Å². The predicted octanol–water partition coefficient (Wildman–Crippen LogP) is 11.1. The second kappa shape index (κ2) is 11.0. The molecule has 0 amide bonds. The van der Waals surface area contributed by atoms with Crippen LogP contribution in [0.25, 0.3) is 86.2 Å². The van der Waals surface area contributed by atoms with E-state index in [1.807, 2.05) is 24.3 Å². The number of non-ortho nitro benzene ring substituents is 4. The van der Waals surface area contributed by atoms with Crippen LogP contribution in [-0.2, 0) is 0 Å². The lowest BCUT2D eigenvalue weighted by atomic mass is 9.89. The smallest absolute Gasteiger partial charge is 0.258 e. The molecule has 0 N–H and O–H groups in total. The minimum atomic E-state index is -0.380. The molecule has 52 heavy (non-hydrogen) atoms. The van der Waals surface area contributed by atoms with Gasteiger partial charge < -0.3 is 0 Å². The second-order valence-corrected chi connectivity index (χ2v) is 12.5. The van der Waals surface area contributed by atoms with Crippen molar-refractivity contribution in [2.75, 3.05) is 0 Å². The van der Waals surface area contributed by atoms with Crippen LogP contribution in [0.3, 0.4) is 0 Å². The van der Waals surface area contributed by atoms with E-state index < -0.39 is 0 Å². The Hall–Kier alpha value is -7.60. The molecular formula is C40H20N4O8. The Kier molecular flexibility index (Phi) is 6.42. The van der Waals surface area contributed by atoms with Gasteiger partial charge in [-0.05, 0) is 91.6 Å². The summed E-state index contributed by atoms with van der Waals surface area (Å²) in [4.78, 5) is 44.2. The van der Waals surface area contributed by atoms with Gasteiger partial charge in [-0.25, -0.2) is 0 Å². The standard InChI is InChI=1S/2C20H10N2O4/c23-21(24)17-9-8-14-12-4-2-6-16-18(22(25)26)10-7-13(20(12)16)11-3-1-5-15(17)19(11)14;23-21(24)17-9-7-13-14-8-10-18(22(25)26)16-6-2-4-12(20(14)16)11-3-1-5-15(17)19(11)13/h2*1-10H. The van der Waals surface area contributed by atoms with Crippen LogP contribution < -0.4 is 0 Å². The molecule has 0 aliphatic rings. The first-order valence-electron chi connectivity index (χ1n) is 16.0. The molecule has 10 aromatic carbocycles. The van der Waals surface area contributed by atoms with Crippen LogP contribution in [0, 0.1) is 40.5 Å². The summed E-state index contributed by atoms with van der Waals surface area (Å²) < 4.78 is 0. The number of nitrogens with zero attached hydrogens (tertiary/aromatic N) is 4. The molecule has 12 nitrogen and oxygen atoms in total. The van der Waals surface area contributed by atoms with Gasteiger partial charge in [0.2, 0.25) is 0 Å². The SMILES string of the molecule is O=[N+]([O-])c1ccc2c3ccc([N+](=O)[O-])c4cccc(c5cccc1c52)c43.O=[N+]([O-])c1ccc2c3cccc4c([N+](=O)[O-])ccc(c5cccc1c52)c43. The van der Waals surface area contributed by atoms with Gasteiger partial charge in [-0.1, -0.05) is 48.5 Å². The Morgan fingerprint density at radius 2 is 0.423 bits per heavy atom. The van der Waals surface area contributed by atoms with Gasteiger partial charge >= 0.3 is 0 Å². The average molecular weight is 685 g/mol. The molecule has 0 aliphatic heterocycles. The zero-order chi connectivity index (χ0) is 36.0. The van der Waals surface area contributed by atoms with E-state index in [1.165, 1.54) is 24.3 Å². The third-order valence-corrected chi connectivity index (χ3v) is 10.0. The van der Waals surface area contributed by atoms with Crippen LogP contribution >= 0.6 is 0 Å². The number of hydrogen-bond donors (Lipinski definition) is 0. The summed E-state index contributed by atoms with van der Waals surface area (Å²) in [6, 6.07) is 34.7. The number of hydrogen-bond acceptors (Lipinski definition) is 8. The Bertz CT molecular complexity index is 2740. The van der Waals surface area contributed by atoms with Crippen molar-refractivity contribution in [2.45, 2.75) is 0 Å². The first-order chi connectivity index (χ1) is 25.2. The minimum Gasteiger partial charge on any atom is -0.258 e. The summed E-state index contributed by atoms with van der Waals surface area (Å²) in [6.07, 6.45) is 0. The Balaban J connectivity index is 0.000000138. The topological polar surface area (TPSA) is 173 Å². The molecule has 0 aromatic heterocycles. The van der Waals surface area contributed by atoms with Crippen LogP contribution in [0.4, 0.5) is 22.7 Å². The third kappa shape index (κ3) is 4.15. The number of fused-ring (bicyclic) bond motifs is 4. The number of rotatable bonds is 4. The highest BCUT2D eigenvalue weighted by atomic mass is 16.6. The average Bonchev–Trinajstić information content (AvgIpc) is 3.15. The van der Waals surface area contributed by atoms with Crippen LogP contribution in [0.1, 0.15) is 0 Å². The monoisotopic (exact) mass is 684 g/mol. The summed E-state index contributed by atoms with van der Waals surface area (Å²) in [7, 11) is 0. The molecule has 0 bridgehead atoms. The molecule has 0 saturated carbocycles. The van der Waals surface area contributed by atoms with E-state index in [4.69, 9.17) is 0 Å². The van der Waals surface area contributed by atoms with Crippen LogP contribution in [0.5, 0.6) is 0 Å². The summed E-state index contributed by atoms with van der Waals surface area (Å²) in [5.74, 6) is 0. The predicted molar refractivity (Wildman–Crippen MR) is 202 cm³/mol. The van der Waals surface area contributed by atoms with Crippen LogP contribution in [-0.4, -0.2) is 19.7 Å². The first-order valence-corrected chi connectivity index (χ1v) is 16.0. The quantitative estimate of drug-likeness (QED) is 0.0761. The third-order valence-electron chi connectivity index (χ3n) is 10.0. The Labute approximate surface area is 290 Å². The summed E-state index contributed by atoms with van der Waals surface area (Å²) >= 11 is 0. The zero-order valence-electron chi connectivity index (χ0n) is 26.6. The van der Waals surface area contributed by atoms with Crippen molar-refractivity contribution in [2.24, 2.45) is 0 Å². The van der Waals surface area contributed by atoms with Gasteiger partial charge in [0.15, 0.2) is 0 Å². The number of nitro benzene ring substituents is 4. The molecule has 0 heterocycles. The molecule has 0 radical (unpaired) electrons. The van der Waals surface area contributed by atoms with Crippen molar-refractivity contribution in [3.63, 3.8) is 0 Å². The molecule has 0 atom stereocenters. The molecule has 10 rings (SSSR count). The van der Waals surface area contributed by atoms with Gasteiger partial charge in [0.25, 0.3) is 22.7 Å². The number of benzene rings is 10. The van der Waals surface area contributed by atoms with Crippen molar-refractivity contribution in [3.05, 3.63) is 162 Å². The van der Waals surface area contributed by atoms with Gasteiger partial charge in [-0.3, -0.25) is 40.5 Å². The van der Waals surface area contributed by atoms with Crippen molar-refractivity contribution in [1.82, 2.24) is 0 Å². The summed E-state index contributed by atoms with van der Waals surface area (Å²) in [5, 5.41) is 58.2. The van der Waals surface area contributed by atoms with E-state index in [0.717, 1.165) is 64.6 Å². The Morgan fingerprint density at radius 1 is 0.250 bits per heavy atom. The van der Waals surface area contributed by atoms with Crippen molar-refractivity contribution in [1.29, 1.82) is 0 Å². The normalized spacial score (nSPS) is 11.7. The highest BCUT2D eigenvalue weighted by Crippen LogP contribution is 2.46. The van der Waals surface area contributed by atoms with Crippen molar-refractivity contribution < 1.29 is 19.7 Å². The van der Waals surface area contributed by atoms with Crippen LogP contribution in [0.2, 0.25) is 0 Å². The van der Waals surface area contributed by atoms with Gasteiger partial charge in [-0.2, -0.15) is 0 Å². The molecule has 248 valence electrons. The fourth-order valence-electron chi connectivity index (χ4n) is 8.00. The lowest BCUT2D eigenvalue weighted by Gasteiger charge is -2.14. The van der Waals surface area contributed by atoms with E-state index in [0.29, 0.717) is 21.5 Å². The molecule has 0 unspecified atom stereocenters. The lowest BCUT2D eigenvalue weighted by Crippen LogP contribution is -1.94. The zero-order valence-corrected chi connectivity index (χ0v) is 26.6. The summed E-state index contributed by atoms with van der Waals surface area (Å²) in [5.41, 5.74) is 0.234. The highest BCUT2D eigenvalue weighted by Gasteiger charge is 2.23. The lowest BCUT2D eigenvalue weighted by molar-refractivity contribution is -0.383. The Morgan fingerprint density at radius 3 is 0.615 bits per heavy atom. The second-order valence-electron chi connectivity index (χ2n) is 12.5. The van der Waals surface area contributed by atoms with Crippen molar-refractivity contribution in [3.8, 4) is 0 Å². The highest BCUT2D eigenvalue weighted by molar-refractivity contribution is 6.35. The van der Waals surface area contributed by atoms with Gasteiger partial charge in [0.1, 0.15) is 0 Å². The van der Waals surface area contributed by atoms with Crippen LogP contribution in [0.15, 0.2) is 121 Å². The fourth-order valence-corrected chi connectivity index (χ4v) is 8.00. The van der Waals surface area contributed by atoms with Crippen molar-refractivity contribution >= 4 is 109 Å². The fraction of sp³-hybridized carbons (Fsp3) is 0. The van der Waals surface area contributed by atoms with Gasteiger partial charge in [0, 0.05) is 45.8 Å². The molecule has 10 aromatic rings. The van der Waals surface area contributed by atoms with E-state index in [1.54, 1.807) is 72.8 Å².